The molecule has 1 aliphatic heterocycles. The molecule has 1 aromatic heterocycles. The summed E-state index contributed by atoms with van der Waals surface area (Å²) in [6.45, 7) is 2.55. The van der Waals surface area contributed by atoms with Gasteiger partial charge in [0.15, 0.2) is 5.13 Å². The van der Waals surface area contributed by atoms with Crippen LogP contribution in [0.25, 0.3) is 16.0 Å². The number of fused-ring (bicyclic) bond motifs is 1. The number of hydrogen-bond donors (Lipinski definition) is 1. The van der Waals surface area contributed by atoms with Crippen molar-refractivity contribution in [3.8, 4) is 11.5 Å². The van der Waals surface area contributed by atoms with Crippen LogP contribution in [0.4, 0.5) is 9.52 Å². The van der Waals surface area contributed by atoms with Gasteiger partial charge in [-0.2, -0.15) is 0 Å². The monoisotopic (exact) mass is 518 g/mol. The maximum atomic E-state index is 13.8. The van der Waals surface area contributed by atoms with Gasteiger partial charge in [-0.3, -0.25) is 14.5 Å². The Morgan fingerprint density at radius 3 is 2.43 bits per heavy atom. The number of aromatic nitrogens is 1. The molecule has 37 heavy (non-hydrogen) atoms. The summed E-state index contributed by atoms with van der Waals surface area (Å²) < 4.78 is 25.4. The molecule has 4 aromatic rings. The van der Waals surface area contributed by atoms with Crippen molar-refractivity contribution in [2.45, 2.75) is 19.4 Å². The average molecular weight is 519 g/mol. The minimum Gasteiger partial charge on any atom is -0.507 e. The molecule has 2 heterocycles. The van der Waals surface area contributed by atoms with Crippen LogP contribution in [-0.2, 0) is 9.59 Å². The van der Waals surface area contributed by atoms with Gasteiger partial charge in [0.2, 0.25) is 0 Å². The summed E-state index contributed by atoms with van der Waals surface area (Å²) in [6.07, 6.45) is 0.849. The van der Waals surface area contributed by atoms with E-state index in [0.717, 1.165) is 11.1 Å². The molecule has 0 saturated carbocycles. The molecular formula is C28H23FN2O5S. The minimum absolute atomic E-state index is 0.101. The van der Waals surface area contributed by atoms with Gasteiger partial charge in [-0.25, -0.2) is 9.37 Å². The van der Waals surface area contributed by atoms with Gasteiger partial charge < -0.3 is 14.6 Å². The second-order valence-electron chi connectivity index (χ2n) is 8.42. The maximum absolute atomic E-state index is 13.8. The van der Waals surface area contributed by atoms with Crippen LogP contribution in [-0.4, -0.2) is 35.5 Å². The highest BCUT2D eigenvalue weighted by atomic mass is 32.1. The molecule has 0 spiro atoms. The lowest BCUT2D eigenvalue weighted by atomic mass is 9.95. The Morgan fingerprint density at radius 2 is 1.76 bits per heavy atom. The van der Waals surface area contributed by atoms with E-state index in [1.165, 1.54) is 40.5 Å². The average Bonchev–Trinajstić information content (AvgIpc) is 3.45. The number of carbonyl (C=O) groups excluding carboxylic acids is 2. The number of carbonyl (C=O) groups is 2. The van der Waals surface area contributed by atoms with Gasteiger partial charge in [0.05, 0.1) is 35.5 Å². The van der Waals surface area contributed by atoms with Crippen molar-refractivity contribution < 1.29 is 28.6 Å². The Labute approximate surface area is 216 Å². The Bertz CT molecular complexity index is 1510. The summed E-state index contributed by atoms with van der Waals surface area (Å²) in [6, 6.07) is 16.4. The first-order valence-corrected chi connectivity index (χ1v) is 12.5. The van der Waals surface area contributed by atoms with Crippen molar-refractivity contribution in [3.63, 3.8) is 0 Å². The fraction of sp³-hybridized carbons (Fsp3) is 0.179. The van der Waals surface area contributed by atoms with Crippen LogP contribution in [0.1, 0.15) is 30.5 Å². The van der Waals surface area contributed by atoms with E-state index in [0.29, 0.717) is 34.7 Å². The van der Waals surface area contributed by atoms with Gasteiger partial charge in [-0.05, 0) is 66.6 Å². The van der Waals surface area contributed by atoms with E-state index < -0.39 is 23.5 Å². The van der Waals surface area contributed by atoms with E-state index in [1.54, 1.807) is 49.6 Å². The molecule has 1 unspecified atom stereocenters. The zero-order valence-corrected chi connectivity index (χ0v) is 20.9. The number of ketones is 1. The first-order chi connectivity index (χ1) is 17.9. The van der Waals surface area contributed by atoms with E-state index in [9.17, 15) is 19.1 Å². The molecule has 1 fully saturated rings. The molecule has 188 valence electrons. The number of thiazole rings is 1. The van der Waals surface area contributed by atoms with E-state index >= 15 is 0 Å². The number of halogens is 1. The van der Waals surface area contributed by atoms with Crippen LogP contribution in [0.5, 0.6) is 11.5 Å². The number of benzene rings is 3. The fourth-order valence-corrected chi connectivity index (χ4v) is 5.22. The Hall–Kier alpha value is -4.24. The van der Waals surface area contributed by atoms with Crippen molar-refractivity contribution >= 4 is 44.1 Å². The van der Waals surface area contributed by atoms with Crippen molar-refractivity contribution in [1.82, 2.24) is 4.98 Å². The lowest BCUT2D eigenvalue weighted by molar-refractivity contribution is -0.132. The quantitative estimate of drug-likeness (QED) is 0.187. The zero-order valence-electron chi connectivity index (χ0n) is 20.1. The normalized spacial score (nSPS) is 16.9. The second kappa shape index (κ2) is 10.0. The summed E-state index contributed by atoms with van der Waals surface area (Å²) in [5, 5.41) is 11.5. The highest BCUT2D eigenvalue weighted by Gasteiger charge is 2.48. The molecule has 1 atom stereocenters. The molecule has 1 N–H and O–H groups in total. The molecule has 9 heteroatoms. The van der Waals surface area contributed by atoms with Crippen molar-refractivity contribution in [1.29, 1.82) is 0 Å². The first-order valence-electron chi connectivity index (χ1n) is 11.7. The predicted molar refractivity (Wildman–Crippen MR) is 140 cm³/mol. The van der Waals surface area contributed by atoms with E-state index in [1.807, 2.05) is 6.92 Å². The van der Waals surface area contributed by atoms with Crippen LogP contribution >= 0.6 is 11.3 Å². The number of hydrogen-bond acceptors (Lipinski definition) is 7. The van der Waals surface area contributed by atoms with Gasteiger partial charge in [-0.1, -0.05) is 30.4 Å². The van der Waals surface area contributed by atoms with Crippen LogP contribution in [0, 0.1) is 5.82 Å². The van der Waals surface area contributed by atoms with Gasteiger partial charge in [0.1, 0.15) is 23.1 Å². The predicted octanol–water partition coefficient (Wildman–Crippen LogP) is 5.86. The van der Waals surface area contributed by atoms with Gasteiger partial charge in [0, 0.05) is 5.56 Å². The first kappa shape index (κ1) is 24.5. The number of Topliss-reactive ketones (excluding diaryl/α,β-unsaturated/α-hetero) is 1. The Morgan fingerprint density at radius 1 is 1.05 bits per heavy atom. The third kappa shape index (κ3) is 4.53. The molecule has 5 rings (SSSR count). The molecule has 1 saturated heterocycles. The molecule has 1 amide bonds. The summed E-state index contributed by atoms with van der Waals surface area (Å²) in [5.41, 5.74) is 1.34. The second-order valence-corrected chi connectivity index (χ2v) is 9.43. The summed E-state index contributed by atoms with van der Waals surface area (Å²) in [4.78, 5) is 32.5. The number of methoxy groups -OCH3 is 1. The number of rotatable bonds is 7. The number of ether oxygens (including phenoxy) is 2. The molecule has 0 radical (unpaired) electrons. The molecule has 0 bridgehead atoms. The topological polar surface area (TPSA) is 89.0 Å². The van der Waals surface area contributed by atoms with E-state index in [-0.39, 0.29) is 16.5 Å². The number of aliphatic hydroxyl groups is 1. The zero-order chi connectivity index (χ0) is 26.1. The lowest BCUT2D eigenvalue weighted by Gasteiger charge is -2.23. The molecule has 1 aliphatic rings. The highest BCUT2D eigenvalue weighted by molar-refractivity contribution is 7.22. The van der Waals surface area contributed by atoms with Crippen molar-refractivity contribution in [2.75, 3.05) is 18.6 Å². The van der Waals surface area contributed by atoms with Gasteiger partial charge >= 0.3 is 5.91 Å². The van der Waals surface area contributed by atoms with Crippen LogP contribution in [0.3, 0.4) is 0 Å². The number of amides is 1. The summed E-state index contributed by atoms with van der Waals surface area (Å²) >= 11 is 1.22. The third-order valence-corrected chi connectivity index (χ3v) is 7.04. The molecule has 3 aromatic carbocycles. The number of nitrogens with zero attached hydrogens (tertiary/aromatic N) is 2. The highest BCUT2D eigenvalue weighted by Crippen LogP contribution is 2.44. The third-order valence-electron chi connectivity index (χ3n) is 6.02. The van der Waals surface area contributed by atoms with Gasteiger partial charge in [-0.15, -0.1) is 0 Å². The maximum Gasteiger partial charge on any atom is 0.301 e. The van der Waals surface area contributed by atoms with Crippen LogP contribution in [0.15, 0.2) is 72.3 Å². The van der Waals surface area contributed by atoms with Crippen molar-refractivity contribution in [2.24, 2.45) is 0 Å². The Balaban J connectivity index is 1.64. The SMILES string of the molecule is CCCOc1ccc(C(O)=C2C(=O)C(=O)N(c3nc4ccc(OC)cc4s3)C2c2ccc(F)cc2)cc1. The smallest absolute Gasteiger partial charge is 0.301 e. The van der Waals surface area contributed by atoms with Gasteiger partial charge in [0.25, 0.3) is 5.78 Å². The van der Waals surface area contributed by atoms with Crippen LogP contribution < -0.4 is 14.4 Å². The van der Waals surface area contributed by atoms with E-state index in [2.05, 4.69) is 4.98 Å². The lowest BCUT2D eigenvalue weighted by Crippen LogP contribution is -2.29. The van der Waals surface area contributed by atoms with Crippen molar-refractivity contribution in [3.05, 3.63) is 89.2 Å². The summed E-state index contributed by atoms with van der Waals surface area (Å²) in [7, 11) is 1.55. The standard InChI is InChI=1S/C28H23FN2O5S/c1-3-14-36-19-10-6-17(7-11-19)25(32)23-24(16-4-8-18(29)9-5-16)31(27(34)26(23)33)28-30-21-13-12-20(35-2)15-22(21)37-28/h4-13,15,24,32H,3,14H2,1-2H3. The molecular weight excluding hydrogens is 495 g/mol. The molecule has 0 aliphatic carbocycles. The largest absolute Gasteiger partial charge is 0.507 e. The Kier molecular flexibility index (Phi) is 6.62. The minimum atomic E-state index is -1.00. The van der Waals surface area contributed by atoms with Crippen LogP contribution in [0.2, 0.25) is 0 Å². The van der Waals surface area contributed by atoms with E-state index in [4.69, 9.17) is 9.47 Å². The number of aliphatic hydroxyl groups excluding tert-OH is 1. The fourth-order valence-electron chi connectivity index (χ4n) is 4.20. The molecule has 7 nitrogen and oxygen atoms in total. The number of anilines is 1. The summed E-state index contributed by atoms with van der Waals surface area (Å²) in [5.74, 6) is -1.22.